The summed E-state index contributed by atoms with van der Waals surface area (Å²) in [6.45, 7) is 2.19. The van der Waals surface area contributed by atoms with Crippen LogP contribution in [0.2, 0.25) is 0 Å². The van der Waals surface area contributed by atoms with Gasteiger partial charge in [-0.3, -0.25) is 14.7 Å². The molecule has 11 nitrogen and oxygen atoms in total. The minimum absolute atomic E-state index is 0.0562. The molecule has 4 aromatic rings. The van der Waals surface area contributed by atoms with E-state index in [-0.39, 0.29) is 30.2 Å². The second kappa shape index (κ2) is 11.7. The summed E-state index contributed by atoms with van der Waals surface area (Å²) in [7, 11) is 0. The first-order chi connectivity index (χ1) is 18.3. The lowest BCUT2D eigenvalue weighted by Gasteiger charge is -2.30. The average molecular weight is 521 g/mol. The number of esters is 1. The number of ether oxygens (including phenoxy) is 1. The molecule has 0 aliphatic carbocycles. The van der Waals surface area contributed by atoms with E-state index in [2.05, 4.69) is 20.7 Å². The predicted molar refractivity (Wildman–Crippen MR) is 135 cm³/mol. The minimum atomic E-state index is -1.37. The Kier molecular flexibility index (Phi) is 8.17. The van der Waals surface area contributed by atoms with Gasteiger partial charge in [-0.05, 0) is 43.4 Å². The third-order valence-corrected chi connectivity index (χ3v) is 6.24. The molecule has 11 heteroatoms. The van der Waals surface area contributed by atoms with Crippen molar-refractivity contribution < 1.29 is 28.3 Å². The van der Waals surface area contributed by atoms with Crippen molar-refractivity contribution in [2.45, 2.75) is 39.3 Å². The Hall–Kier alpha value is -4.51. The highest BCUT2D eigenvalue weighted by atomic mass is 16.6. The van der Waals surface area contributed by atoms with Crippen molar-refractivity contribution in [3.63, 3.8) is 0 Å². The van der Waals surface area contributed by atoms with Crippen LogP contribution in [0, 0.1) is 12.3 Å². The molecule has 0 aliphatic rings. The number of rotatable bonds is 11. The van der Waals surface area contributed by atoms with Gasteiger partial charge in [0, 0.05) is 6.04 Å². The van der Waals surface area contributed by atoms with Crippen LogP contribution in [0.15, 0.2) is 74.4 Å². The van der Waals surface area contributed by atoms with E-state index >= 15 is 0 Å². The Morgan fingerprint density at radius 1 is 1.11 bits per heavy atom. The lowest BCUT2D eigenvalue weighted by molar-refractivity contribution is -0.160. The van der Waals surface area contributed by atoms with Crippen LogP contribution in [-0.2, 0) is 22.6 Å². The molecule has 2 atom stereocenters. The molecule has 1 amide bonds. The first-order valence-corrected chi connectivity index (χ1v) is 12.0. The fraction of sp³-hybridized carbons (Fsp3) is 0.296. The molecular weight excluding hydrogens is 492 g/mol. The monoisotopic (exact) mass is 520 g/mol. The fourth-order valence-electron chi connectivity index (χ4n) is 4.06. The van der Waals surface area contributed by atoms with Crippen molar-refractivity contribution in [3.8, 4) is 11.1 Å². The summed E-state index contributed by atoms with van der Waals surface area (Å²) in [4.78, 5) is 37.1. The molecule has 2 aromatic carbocycles. The van der Waals surface area contributed by atoms with Gasteiger partial charge >= 0.3 is 11.8 Å². The van der Waals surface area contributed by atoms with Gasteiger partial charge in [-0.2, -0.15) is 0 Å². The van der Waals surface area contributed by atoms with E-state index in [1.807, 2.05) is 54.6 Å². The Bertz CT molecular complexity index is 1410. The highest BCUT2D eigenvalue weighted by Crippen LogP contribution is 2.28. The quantitative estimate of drug-likeness (QED) is 0.253. The van der Waals surface area contributed by atoms with Gasteiger partial charge in [-0.15, -0.1) is 5.10 Å². The predicted octanol–water partition coefficient (Wildman–Crippen LogP) is 2.80. The van der Waals surface area contributed by atoms with E-state index in [0.29, 0.717) is 6.42 Å². The number of aromatic nitrogens is 3. The maximum atomic E-state index is 13.0. The number of H-pyrrole nitrogens is 1. The number of nitrogens with zero attached hydrogens (tertiary/aromatic N) is 2. The van der Waals surface area contributed by atoms with Crippen LogP contribution < -0.4 is 11.1 Å². The Labute approximate surface area is 217 Å². The van der Waals surface area contributed by atoms with E-state index in [1.54, 1.807) is 6.92 Å². The molecule has 0 fully saturated rings. The summed E-state index contributed by atoms with van der Waals surface area (Å²) in [6.07, 6.45) is 1.79. The van der Waals surface area contributed by atoms with Crippen molar-refractivity contribution in [1.82, 2.24) is 20.7 Å². The second-order valence-electron chi connectivity index (χ2n) is 9.23. The standard InChI is InChI=1S/C27H28N4O7/c1-17-23(38-26(35)37-17)15-36-25(34)27(2,16-32)13-21(29-24(33)22-14-28-31-30-22)12-18-8-10-20(11-9-18)19-6-4-3-5-7-19/h3-11,14,21,32H,12-13,15-16H2,1-2H3,(H,29,33)(H,28,30,31). The number of benzene rings is 2. The second-order valence-corrected chi connectivity index (χ2v) is 9.23. The van der Waals surface area contributed by atoms with Gasteiger partial charge in [0.15, 0.2) is 23.8 Å². The highest BCUT2D eigenvalue weighted by molar-refractivity contribution is 5.92. The smallest absolute Gasteiger partial charge is 0.457 e. The van der Waals surface area contributed by atoms with Crippen molar-refractivity contribution in [2.75, 3.05) is 6.61 Å². The Balaban J connectivity index is 1.50. The molecule has 0 bridgehead atoms. The van der Waals surface area contributed by atoms with Gasteiger partial charge in [0.2, 0.25) is 0 Å². The molecule has 0 spiro atoms. The molecule has 4 rings (SSSR count). The van der Waals surface area contributed by atoms with Crippen LogP contribution >= 0.6 is 0 Å². The van der Waals surface area contributed by atoms with E-state index < -0.39 is 35.8 Å². The van der Waals surface area contributed by atoms with Gasteiger partial charge in [0.25, 0.3) is 5.91 Å². The molecule has 2 aromatic heterocycles. The zero-order valence-electron chi connectivity index (χ0n) is 21.0. The number of hydrogen-bond acceptors (Lipinski definition) is 9. The van der Waals surface area contributed by atoms with Crippen molar-refractivity contribution in [3.05, 3.63) is 94.2 Å². The van der Waals surface area contributed by atoms with E-state index in [0.717, 1.165) is 16.7 Å². The van der Waals surface area contributed by atoms with E-state index in [1.165, 1.54) is 13.1 Å². The number of aromatic amines is 1. The summed E-state index contributed by atoms with van der Waals surface area (Å²) >= 11 is 0. The molecule has 38 heavy (non-hydrogen) atoms. The fourth-order valence-corrected chi connectivity index (χ4v) is 4.06. The summed E-state index contributed by atoms with van der Waals surface area (Å²) in [5, 5.41) is 22.9. The lowest BCUT2D eigenvalue weighted by Crippen LogP contribution is -2.44. The molecule has 3 N–H and O–H groups in total. The van der Waals surface area contributed by atoms with Gasteiger partial charge in [-0.25, -0.2) is 4.79 Å². The minimum Gasteiger partial charge on any atom is -0.457 e. The number of aliphatic hydroxyl groups is 1. The van der Waals surface area contributed by atoms with Gasteiger partial charge in [0.1, 0.15) is 0 Å². The Morgan fingerprint density at radius 2 is 1.82 bits per heavy atom. The normalized spacial score (nSPS) is 13.4. The van der Waals surface area contributed by atoms with Crippen molar-refractivity contribution in [1.29, 1.82) is 0 Å². The largest absolute Gasteiger partial charge is 0.519 e. The summed E-state index contributed by atoms with van der Waals surface area (Å²) in [5.74, 6) is -1.81. The molecule has 198 valence electrons. The average Bonchev–Trinajstić information content (AvgIpc) is 3.57. The lowest BCUT2D eigenvalue weighted by atomic mass is 9.82. The number of hydrogen-bond donors (Lipinski definition) is 3. The Morgan fingerprint density at radius 3 is 2.42 bits per heavy atom. The zero-order valence-corrected chi connectivity index (χ0v) is 21.0. The van der Waals surface area contributed by atoms with Crippen molar-refractivity contribution in [2.24, 2.45) is 5.41 Å². The number of nitrogens with one attached hydrogen (secondary N) is 2. The molecule has 2 unspecified atom stereocenters. The SMILES string of the molecule is Cc1oc(=O)oc1COC(=O)C(C)(CO)CC(Cc1ccc(-c2ccccc2)cc1)NC(=O)c1c[nH]nn1. The number of aryl methyl sites for hydroxylation is 1. The van der Waals surface area contributed by atoms with E-state index in [4.69, 9.17) is 13.6 Å². The van der Waals surface area contributed by atoms with Gasteiger partial charge in [0.05, 0.1) is 18.2 Å². The number of aliphatic hydroxyl groups excluding tert-OH is 1. The number of amides is 1. The molecular formula is C27H28N4O7. The number of carbonyl (C=O) groups is 2. The third-order valence-electron chi connectivity index (χ3n) is 6.24. The number of carbonyl (C=O) groups excluding carboxylic acids is 2. The van der Waals surface area contributed by atoms with Gasteiger partial charge in [-0.1, -0.05) is 59.8 Å². The van der Waals surface area contributed by atoms with Crippen LogP contribution in [0.3, 0.4) is 0 Å². The van der Waals surface area contributed by atoms with Gasteiger partial charge < -0.3 is 24.0 Å². The molecule has 0 saturated carbocycles. The van der Waals surface area contributed by atoms with E-state index in [9.17, 15) is 19.5 Å². The summed E-state index contributed by atoms with van der Waals surface area (Å²) < 4.78 is 15.0. The summed E-state index contributed by atoms with van der Waals surface area (Å²) in [5.41, 5.74) is 1.76. The molecule has 2 heterocycles. The van der Waals surface area contributed by atoms with Crippen LogP contribution in [0.25, 0.3) is 11.1 Å². The molecule has 0 radical (unpaired) electrons. The molecule has 0 saturated heterocycles. The maximum absolute atomic E-state index is 13.0. The van der Waals surface area contributed by atoms with Crippen LogP contribution in [0.5, 0.6) is 0 Å². The van der Waals surface area contributed by atoms with Crippen molar-refractivity contribution >= 4 is 11.9 Å². The topological polar surface area (TPSA) is 161 Å². The molecule has 0 aliphatic heterocycles. The highest BCUT2D eigenvalue weighted by Gasteiger charge is 2.38. The van der Waals surface area contributed by atoms with Crippen LogP contribution in [-0.4, -0.2) is 45.0 Å². The van der Waals surface area contributed by atoms with Crippen LogP contribution in [0.1, 0.15) is 40.9 Å². The summed E-state index contributed by atoms with van der Waals surface area (Å²) in [6, 6.07) is 17.2. The first-order valence-electron chi connectivity index (χ1n) is 12.0. The maximum Gasteiger partial charge on any atom is 0.519 e. The zero-order chi connectivity index (χ0) is 27.1. The third kappa shape index (κ3) is 6.43. The first kappa shape index (κ1) is 26.6. The van der Waals surface area contributed by atoms with Crippen LogP contribution in [0.4, 0.5) is 0 Å².